The smallest absolute Gasteiger partial charge is 0.0866 e. The van der Waals surface area contributed by atoms with Crippen LogP contribution in [-0.4, -0.2) is 19.9 Å². The van der Waals surface area contributed by atoms with E-state index in [0.717, 1.165) is 27.7 Å². The Morgan fingerprint density at radius 1 is 1.29 bits per heavy atom. The molecule has 0 aliphatic rings. The van der Waals surface area contributed by atoms with Crippen molar-refractivity contribution in [2.45, 2.75) is 19.4 Å². The number of aliphatic hydroxyl groups is 1. The fourth-order valence-corrected chi connectivity index (χ4v) is 2.84. The van der Waals surface area contributed by atoms with E-state index >= 15 is 0 Å². The van der Waals surface area contributed by atoms with Gasteiger partial charge in [0.05, 0.1) is 22.5 Å². The van der Waals surface area contributed by atoms with Crippen molar-refractivity contribution in [3.05, 3.63) is 58.6 Å². The van der Waals surface area contributed by atoms with Crippen LogP contribution in [0.5, 0.6) is 0 Å². The molecule has 0 aliphatic carbocycles. The number of pyridine rings is 1. The van der Waals surface area contributed by atoms with Gasteiger partial charge >= 0.3 is 0 Å². The second kappa shape index (κ2) is 5.47. The van der Waals surface area contributed by atoms with Gasteiger partial charge in [-0.15, -0.1) is 0 Å². The molecule has 2 heterocycles. The fraction of sp³-hybridized carbons (Fsp3) is 0.250. The number of aromatic nitrogens is 3. The molecule has 1 atom stereocenters. The van der Waals surface area contributed by atoms with Crippen LogP contribution in [0.1, 0.15) is 23.1 Å². The molecule has 0 spiro atoms. The van der Waals surface area contributed by atoms with Gasteiger partial charge in [0.2, 0.25) is 0 Å². The normalized spacial score (nSPS) is 12.8. The maximum absolute atomic E-state index is 10.6. The minimum Gasteiger partial charge on any atom is -0.388 e. The first kappa shape index (κ1) is 14.0. The lowest BCUT2D eigenvalue weighted by Gasteiger charge is -2.13. The van der Waals surface area contributed by atoms with Crippen LogP contribution >= 0.6 is 11.6 Å². The largest absolute Gasteiger partial charge is 0.388 e. The van der Waals surface area contributed by atoms with E-state index in [4.69, 9.17) is 11.6 Å². The second-order valence-corrected chi connectivity index (χ2v) is 5.52. The van der Waals surface area contributed by atoms with Gasteiger partial charge in [0.1, 0.15) is 0 Å². The minimum atomic E-state index is -0.670. The molecule has 2 aromatic heterocycles. The van der Waals surface area contributed by atoms with Gasteiger partial charge in [0, 0.05) is 36.8 Å². The molecule has 4 nitrogen and oxygen atoms in total. The Morgan fingerprint density at radius 2 is 2.05 bits per heavy atom. The first-order valence-electron chi connectivity index (χ1n) is 6.76. The van der Waals surface area contributed by atoms with Crippen molar-refractivity contribution in [3.63, 3.8) is 0 Å². The van der Waals surface area contributed by atoms with Crippen molar-refractivity contribution in [1.82, 2.24) is 14.8 Å². The zero-order chi connectivity index (χ0) is 15.0. The number of halogens is 1. The molecule has 108 valence electrons. The molecule has 1 aromatic carbocycles. The van der Waals surface area contributed by atoms with Crippen molar-refractivity contribution in [2.75, 3.05) is 0 Å². The van der Waals surface area contributed by atoms with E-state index in [1.165, 1.54) is 0 Å². The molecule has 0 radical (unpaired) electrons. The Hall–Kier alpha value is -1.91. The fourth-order valence-electron chi connectivity index (χ4n) is 2.60. The summed E-state index contributed by atoms with van der Waals surface area (Å²) < 4.78 is 1.72. The van der Waals surface area contributed by atoms with Crippen LogP contribution in [-0.2, 0) is 13.5 Å². The van der Waals surface area contributed by atoms with Gasteiger partial charge in [0.25, 0.3) is 0 Å². The number of hydrogen-bond acceptors (Lipinski definition) is 3. The summed E-state index contributed by atoms with van der Waals surface area (Å²) in [5.74, 6) is 0. The molecule has 0 fully saturated rings. The quantitative estimate of drug-likeness (QED) is 0.808. The summed E-state index contributed by atoms with van der Waals surface area (Å²) in [6, 6.07) is 7.90. The summed E-state index contributed by atoms with van der Waals surface area (Å²) in [6.45, 7) is 1.86. The molecule has 3 aromatic rings. The molecule has 21 heavy (non-hydrogen) atoms. The Bertz CT molecular complexity index is 792. The first-order chi connectivity index (χ1) is 10.1. The Morgan fingerprint density at radius 3 is 2.76 bits per heavy atom. The van der Waals surface area contributed by atoms with Crippen LogP contribution in [0.2, 0.25) is 5.02 Å². The molecule has 0 saturated heterocycles. The number of nitrogens with zero attached hydrogens (tertiary/aromatic N) is 3. The van der Waals surface area contributed by atoms with E-state index in [9.17, 15) is 5.11 Å². The van der Waals surface area contributed by atoms with E-state index in [-0.39, 0.29) is 0 Å². The van der Waals surface area contributed by atoms with Crippen molar-refractivity contribution < 1.29 is 5.11 Å². The van der Waals surface area contributed by atoms with Gasteiger partial charge in [-0.05, 0) is 12.3 Å². The number of hydrogen-bond donors (Lipinski definition) is 1. The lowest BCUT2D eigenvalue weighted by atomic mass is 10.0. The average molecular weight is 302 g/mol. The topological polar surface area (TPSA) is 50.9 Å². The lowest BCUT2D eigenvalue weighted by Crippen LogP contribution is -2.07. The van der Waals surface area contributed by atoms with Gasteiger partial charge in [0.15, 0.2) is 0 Å². The Kier molecular flexibility index (Phi) is 3.66. The van der Waals surface area contributed by atoms with Gasteiger partial charge < -0.3 is 5.11 Å². The minimum absolute atomic E-state index is 0.409. The van der Waals surface area contributed by atoms with Crippen molar-refractivity contribution in [2.24, 2.45) is 7.05 Å². The summed E-state index contributed by atoms with van der Waals surface area (Å²) in [4.78, 5) is 4.21. The average Bonchev–Trinajstić information content (AvgIpc) is 2.73. The van der Waals surface area contributed by atoms with Crippen LogP contribution in [0.4, 0.5) is 0 Å². The predicted octanol–water partition coefficient (Wildman–Crippen LogP) is 3.21. The number of rotatable bonds is 3. The number of aryl methyl sites for hydroxylation is 2. The first-order valence-corrected chi connectivity index (χ1v) is 7.14. The number of aliphatic hydroxyl groups excluding tert-OH is 1. The predicted molar refractivity (Wildman–Crippen MR) is 83.4 cm³/mol. The molecule has 0 aliphatic heterocycles. The van der Waals surface area contributed by atoms with E-state index in [1.54, 1.807) is 17.1 Å². The van der Waals surface area contributed by atoms with Gasteiger partial charge in [-0.25, -0.2) is 0 Å². The van der Waals surface area contributed by atoms with E-state index in [2.05, 4.69) is 10.1 Å². The Labute approximate surface area is 128 Å². The number of benzene rings is 1. The highest BCUT2D eigenvalue weighted by molar-refractivity contribution is 6.31. The van der Waals surface area contributed by atoms with Crippen LogP contribution in [0.15, 0.2) is 36.7 Å². The van der Waals surface area contributed by atoms with Crippen LogP contribution in [0.3, 0.4) is 0 Å². The third kappa shape index (κ3) is 2.52. The van der Waals surface area contributed by atoms with E-state index in [1.807, 2.05) is 38.2 Å². The molecule has 0 bridgehead atoms. The lowest BCUT2D eigenvalue weighted by molar-refractivity contribution is 0.177. The van der Waals surface area contributed by atoms with Crippen molar-refractivity contribution in [3.8, 4) is 0 Å². The van der Waals surface area contributed by atoms with Gasteiger partial charge in [-0.2, -0.15) is 5.10 Å². The maximum Gasteiger partial charge on any atom is 0.0866 e. The molecule has 1 N–H and O–H groups in total. The maximum atomic E-state index is 10.6. The molecule has 5 heteroatoms. The molecule has 3 rings (SSSR count). The standard InChI is InChI=1S/C16H16ClN3O/c1-10-16(17)14(20(2)19-10)7-15(21)13-9-18-8-11-5-3-4-6-12(11)13/h3-6,8-9,15,21H,7H2,1-2H3. The van der Waals surface area contributed by atoms with E-state index < -0.39 is 6.10 Å². The van der Waals surface area contributed by atoms with E-state index in [0.29, 0.717) is 11.4 Å². The monoisotopic (exact) mass is 301 g/mol. The van der Waals surface area contributed by atoms with Crippen LogP contribution < -0.4 is 0 Å². The molecular weight excluding hydrogens is 286 g/mol. The summed E-state index contributed by atoms with van der Waals surface area (Å²) in [7, 11) is 1.84. The second-order valence-electron chi connectivity index (χ2n) is 5.14. The molecular formula is C16H16ClN3O. The van der Waals surface area contributed by atoms with Gasteiger partial charge in [-0.1, -0.05) is 35.9 Å². The third-order valence-corrected chi connectivity index (χ3v) is 4.20. The molecule has 0 saturated carbocycles. The third-order valence-electron chi connectivity index (χ3n) is 3.71. The summed E-state index contributed by atoms with van der Waals surface area (Å²) >= 11 is 6.25. The zero-order valence-electron chi connectivity index (χ0n) is 11.9. The zero-order valence-corrected chi connectivity index (χ0v) is 12.7. The Balaban J connectivity index is 1.99. The highest BCUT2D eigenvalue weighted by Gasteiger charge is 2.18. The van der Waals surface area contributed by atoms with Crippen LogP contribution in [0, 0.1) is 6.92 Å². The molecule has 1 unspecified atom stereocenters. The van der Waals surface area contributed by atoms with Crippen LogP contribution in [0.25, 0.3) is 10.8 Å². The highest BCUT2D eigenvalue weighted by atomic mass is 35.5. The highest BCUT2D eigenvalue weighted by Crippen LogP contribution is 2.28. The summed E-state index contributed by atoms with van der Waals surface area (Å²) in [5.41, 5.74) is 2.41. The van der Waals surface area contributed by atoms with Crippen molar-refractivity contribution in [1.29, 1.82) is 0 Å². The summed E-state index contributed by atoms with van der Waals surface area (Å²) in [5, 5.41) is 17.5. The van der Waals surface area contributed by atoms with Crippen molar-refractivity contribution >= 4 is 22.4 Å². The summed E-state index contributed by atoms with van der Waals surface area (Å²) in [6.07, 6.45) is 3.25. The SMILES string of the molecule is Cc1nn(C)c(CC(O)c2cncc3ccccc23)c1Cl. The van der Waals surface area contributed by atoms with Gasteiger partial charge in [-0.3, -0.25) is 9.67 Å². The molecule has 0 amide bonds. The number of fused-ring (bicyclic) bond motifs is 1.